The van der Waals surface area contributed by atoms with Crippen molar-refractivity contribution in [1.82, 2.24) is 0 Å². The molecule has 1 saturated carbocycles. The molecule has 0 aromatic heterocycles. The molecule has 3 rings (SSSR count). The second-order valence-corrected chi connectivity index (χ2v) is 8.28. The lowest BCUT2D eigenvalue weighted by Crippen LogP contribution is -2.49. The molecule has 1 aliphatic carbocycles. The second kappa shape index (κ2) is 6.44. The maximum absolute atomic E-state index is 6.23. The van der Waals surface area contributed by atoms with Gasteiger partial charge in [-0.2, -0.15) is 0 Å². The average molecular weight is 332 g/mol. The third kappa shape index (κ3) is 3.26. The Morgan fingerprint density at radius 1 is 1.25 bits per heavy atom. The van der Waals surface area contributed by atoms with E-state index in [1.54, 1.807) is 0 Å². The molecule has 5 atom stereocenters. The SMILES string of the molecule is CO[C@@H]1/C(=C\C=C(C)C)CC[C@]2(CO2)[C@H]1[C@@]1(C)O[C@@H]1CC=C(C)C. The molecular weight excluding hydrogens is 300 g/mol. The lowest BCUT2D eigenvalue weighted by Gasteiger charge is -2.40. The maximum atomic E-state index is 6.23. The van der Waals surface area contributed by atoms with Crippen molar-refractivity contribution in [3.05, 3.63) is 34.9 Å². The lowest BCUT2D eigenvalue weighted by molar-refractivity contribution is -0.0201. The summed E-state index contributed by atoms with van der Waals surface area (Å²) in [5.41, 5.74) is 3.86. The van der Waals surface area contributed by atoms with Gasteiger partial charge in [-0.15, -0.1) is 0 Å². The van der Waals surface area contributed by atoms with Crippen molar-refractivity contribution in [3.63, 3.8) is 0 Å². The molecule has 3 aliphatic rings. The van der Waals surface area contributed by atoms with E-state index < -0.39 is 0 Å². The van der Waals surface area contributed by atoms with Crippen LogP contribution < -0.4 is 0 Å². The Hall–Kier alpha value is -0.900. The van der Waals surface area contributed by atoms with Crippen LogP contribution in [0.5, 0.6) is 0 Å². The molecule has 134 valence electrons. The largest absolute Gasteiger partial charge is 0.377 e. The van der Waals surface area contributed by atoms with Gasteiger partial charge >= 0.3 is 0 Å². The highest BCUT2D eigenvalue weighted by atomic mass is 16.6. The van der Waals surface area contributed by atoms with Gasteiger partial charge in [-0.05, 0) is 59.5 Å². The van der Waals surface area contributed by atoms with E-state index >= 15 is 0 Å². The van der Waals surface area contributed by atoms with E-state index in [-0.39, 0.29) is 29.3 Å². The quantitative estimate of drug-likeness (QED) is 0.545. The first-order valence-corrected chi connectivity index (χ1v) is 9.14. The number of hydrogen-bond donors (Lipinski definition) is 0. The van der Waals surface area contributed by atoms with Gasteiger partial charge in [0.25, 0.3) is 0 Å². The smallest absolute Gasteiger partial charge is 0.101 e. The monoisotopic (exact) mass is 332 g/mol. The summed E-state index contributed by atoms with van der Waals surface area (Å²) in [4.78, 5) is 0. The predicted molar refractivity (Wildman–Crippen MR) is 97.0 cm³/mol. The van der Waals surface area contributed by atoms with Gasteiger partial charge in [-0.3, -0.25) is 0 Å². The molecule has 0 bridgehead atoms. The van der Waals surface area contributed by atoms with Crippen LogP contribution in [0.15, 0.2) is 34.9 Å². The molecule has 0 radical (unpaired) electrons. The Labute approximate surface area is 146 Å². The summed E-state index contributed by atoms with van der Waals surface area (Å²) in [6.07, 6.45) is 10.2. The van der Waals surface area contributed by atoms with Crippen LogP contribution in [0.1, 0.15) is 53.9 Å². The molecule has 0 N–H and O–H groups in total. The number of allylic oxidation sites excluding steroid dienone is 4. The molecule has 0 aromatic carbocycles. The van der Waals surface area contributed by atoms with Gasteiger partial charge in [-0.1, -0.05) is 29.4 Å². The van der Waals surface area contributed by atoms with Crippen LogP contribution in [-0.2, 0) is 14.2 Å². The Balaban J connectivity index is 1.85. The van der Waals surface area contributed by atoms with Gasteiger partial charge in [0.1, 0.15) is 11.2 Å². The Morgan fingerprint density at radius 3 is 2.50 bits per heavy atom. The van der Waals surface area contributed by atoms with Crippen molar-refractivity contribution in [2.75, 3.05) is 13.7 Å². The molecule has 24 heavy (non-hydrogen) atoms. The Kier molecular flexibility index (Phi) is 4.80. The van der Waals surface area contributed by atoms with Crippen LogP contribution in [0.3, 0.4) is 0 Å². The molecule has 0 unspecified atom stereocenters. The normalized spacial score (nSPS) is 42.1. The van der Waals surface area contributed by atoms with Crippen molar-refractivity contribution >= 4 is 0 Å². The van der Waals surface area contributed by atoms with E-state index in [0.717, 1.165) is 25.9 Å². The minimum Gasteiger partial charge on any atom is -0.377 e. The van der Waals surface area contributed by atoms with Crippen molar-refractivity contribution in [3.8, 4) is 0 Å². The van der Waals surface area contributed by atoms with Crippen LogP contribution in [0.2, 0.25) is 0 Å². The highest BCUT2D eigenvalue weighted by Crippen LogP contribution is 2.60. The summed E-state index contributed by atoms with van der Waals surface area (Å²) in [7, 11) is 1.83. The second-order valence-electron chi connectivity index (χ2n) is 8.28. The summed E-state index contributed by atoms with van der Waals surface area (Å²) in [5, 5.41) is 0. The number of ether oxygens (including phenoxy) is 3. The standard InChI is InChI=1S/C21H32O3/c1-14(2)7-9-16-11-12-21(13-23-21)19(18(16)22-6)20(5)17(24-20)10-8-15(3)4/h7-9,17-19H,10-13H2,1-6H3/b16-9-/t17-,18-,19-,20+,21+/m1/s1. The molecular formula is C21H32O3. The summed E-state index contributed by atoms with van der Waals surface area (Å²) in [5.74, 6) is 0.274. The minimum absolute atomic E-state index is 0.0303. The number of methoxy groups -OCH3 is 1. The van der Waals surface area contributed by atoms with Crippen molar-refractivity contribution in [1.29, 1.82) is 0 Å². The van der Waals surface area contributed by atoms with Gasteiger partial charge in [0, 0.05) is 7.11 Å². The first kappa shape index (κ1) is 17.9. The molecule has 0 amide bonds. The molecule has 1 spiro atoms. The molecule has 0 aromatic rings. The van der Waals surface area contributed by atoms with Gasteiger partial charge in [-0.25, -0.2) is 0 Å². The predicted octanol–water partition coefficient (Wildman–Crippen LogP) is 4.59. The number of rotatable bonds is 5. The van der Waals surface area contributed by atoms with Gasteiger partial charge in [0.15, 0.2) is 0 Å². The molecule has 3 nitrogen and oxygen atoms in total. The Bertz CT molecular complexity index is 574. The first-order valence-electron chi connectivity index (χ1n) is 9.14. The van der Waals surface area contributed by atoms with Crippen molar-refractivity contribution in [2.24, 2.45) is 5.92 Å². The zero-order valence-electron chi connectivity index (χ0n) is 16.0. The van der Waals surface area contributed by atoms with Gasteiger partial charge < -0.3 is 14.2 Å². The van der Waals surface area contributed by atoms with Crippen LogP contribution in [0.4, 0.5) is 0 Å². The molecule has 2 aliphatic heterocycles. The highest BCUT2D eigenvalue weighted by Gasteiger charge is 2.71. The third-order valence-corrected chi connectivity index (χ3v) is 5.81. The minimum atomic E-state index is -0.145. The fraction of sp³-hybridized carbons (Fsp3) is 0.714. The first-order chi connectivity index (χ1) is 11.3. The zero-order valence-corrected chi connectivity index (χ0v) is 16.0. The topological polar surface area (TPSA) is 34.3 Å². The zero-order chi connectivity index (χ0) is 17.5. The molecule has 3 heteroatoms. The molecule has 2 saturated heterocycles. The van der Waals surface area contributed by atoms with Crippen LogP contribution in [-0.4, -0.2) is 37.1 Å². The van der Waals surface area contributed by atoms with Gasteiger partial charge in [0.2, 0.25) is 0 Å². The maximum Gasteiger partial charge on any atom is 0.101 e. The molecule has 3 fully saturated rings. The van der Waals surface area contributed by atoms with E-state index in [1.807, 2.05) is 7.11 Å². The van der Waals surface area contributed by atoms with Crippen LogP contribution >= 0.6 is 0 Å². The van der Waals surface area contributed by atoms with Crippen molar-refractivity contribution in [2.45, 2.75) is 77.3 Å². The summed E-state index contributed by atoms with van der Waals surface area (Å²) < 4.78 is 18.2. The van der Waals surface area contributed by atoms with Gasteiger partial charge in [0.05, 0.1) is 24.7 Å². The summed E-state index contributed by atoms with van der Waals surface area (Å²) in [6.45, 7) is 11.6. The van der Waals surface area contributed by atoms with E-state index in [4.69, 9.17) is 14.2 Å². The highest BCUT2D eigenvalue weighted by molar-refractivity contribution is 5.30. The van der Waals surface area contributed by atoms with E-state index in [0.29, 0.717) is 0 Å². The number of epoxide rings is 2. The van der Waals surface area contributed by atoms with Crippen LogP contribution in [0.25, 0.3) is 0 Å². The average Bonchev–Trinajstić information content (AvgIpc) is 3.42. The van der Waals surface area contributed by atoms with E-state index in [2.05, 4.69) is 52.8 Å². The Morgan fingerprint density at radius 2 is 1.96 bits per heavy atom. The van der Waals surface area contributed by atoms with Crippen molar-refractivity contribution < 1.29 is 14.2 Å². The fourth-order valence-electron chi connectivity index (χ4n) is 4.29. The molecule has 2 heterocycles. The summed E-state index contributed by atoms with van der Waals surface area (Å²) >= 11 is 0. The number of hydrogen-bond acceptors (Lipinski definition) is 3. The summed E-state index contributed by atoms with van der Waals surface area (Å²) in [6, 6.07) is 0. The van der Waals surface area contributed by atoms with Crippen LogP contribution in [0, 0.1) is 5.92 Å². The van der Waals surface area contributed by atoms with E-state index in [1.165, 1.54) is 16.7 Å². The fourth-order valence-corrected chi connectivity index (χ4v) is 4.29. The lowest BCUT2D eigenvalue weighted by atomic mass is 9.67. The van der Waals surface area contributed by atoms with E-state index in [9.17, 15) is 0 Å². The third-order valence-electron chi connectivity index (χ3n) is 5.81.